The molecule has 74 heavy (non-hydrogen) atoms. The Balaban J connectivity index is 0.000000500. The molecule has 6 aromatic rings. The van der Waals surface area contributed by atoms with Gasteiger partial charge in [0.15, 0.2) is 12.4 Å². The summed E-state index contributed by atoms with van der Waals surface area (Å²) in [6.07, 6.45) is -49.4. The zero-order chi connectivity index (χ0) is 56.0. The van der Waals surface area contributed by atoms with E-state index in [0.717, 1.165) is 11.3 Å². The Morgan fingerprint density at radius 3 is 0.905 bits per heavy atom. The summed E-state index contributed by atoms with van der Waals surface area (Å²) < 4.78 is 343. The molecule has 0 unspecified atom stereocenters. The third kappa shape index (κ3) is 13.7. The molecule has 0 saturated carbocycles. The van der Waals surface area contributed by atoms with Gasteiger partial charge in [-0.3, -0.25) is 4.79 Å². The number of carbonyl (C=O) groups excluding carboxylic acids is 1. The monoisotopic (exact) mass is 1150 g/mol. The maximum atomic E-state index is 14.2. The first-order valence-electron chi connectivity index (χ1n) is 19.9. The van der Waals surface area contributed by atoms with E-state index in [4.69, 9.17) is 0 Å². The fraction of sp³-hybridized carbons (Fsp3) is 0.222. The normalized spacial score (nSPS) is 13.4. The Labute approximate surface area is 407 Å². The standard InChI is InChI=1S/C32H12BF24.C13H12BrN2O/c34-25(35,36)13-1-14(26(37,38)39)6-21(5-13)33(22-7-15(27(40,41)42)2-16(8-22)28(43,44)45,23-9-17(29(46,47)48)3-18(10-23)30(49,50)51)24-11-19(31(52,53)54)4-20(12-24)32(55,56)57;14-8-12-9-16(7-6-15-12)10-13(17)11-4-2-1-3-5-11/h1-12H;1-7,9H,8,10H2/q-1;+1. The Hall–Kier alpha value is -6.29. The molecule has 0 fully saturated rings. The van der Waals surface area contributed by atoms with Crippen LogP contribution in [-0.2, 0) is 61.3 Å². The van der Waals surface area contributed by atoms with Gasteiger partial charge in [0, 0.05) is 5.56 Å². The fourth-order valence-corrected chi connectivity index (χ4v) is 7.89. The van der Waals surface area contributed by atoms with Gasteiger partial charge in [0.25, 0.3) is 0 Å². The number of benzene rings is 5. The summed E-state index contributed by atoms with van der Waals surface area (Å²) in [5.41, 5.74) is -28.6. The number of carbonyl (C=O) groups is 1. The minimum Gasteiger partial charge on any atom is -0.287 e. The van der Waals surface area contributed by atoms with E-state index in [2.05, 4.69) is 20.9 Å². The molecule has 0 saturated heterocycles. The van der Waals surface area contributed by atoms with Crippen LogP contribution in [-0.4, -0.2) is 16.9 Å². The van der Waals surface area contributed by atoms with E-state index >= 15 is 0 Å². The smallest absolute Gasteiger partial charge is 0.287 e. The molecular weight excluding hydrogens is 1130 g/mol. The summed E-state index contributed by atoms with van der Waals surface area (Å²) in [7, 11) is 0. The van der Waals surface area contributed by atoms with Crippen molar-refractivity contribution in [2.45, 2.75) is 61.3 Å². The predicted molar refractivity (Wildman–Crippen MR) is 218 cm³/mol. The van der Waals surface area contributed by atoms with Crippen LogP contribution < -0.4 is 26.4 Å². The first-order valence-corrected chi connectivity index (χ1v) is 21.0. The first kappa shape index (κ1) is 58.6. The van der Waals surface area contributed by atoms with Gasteiger partial charge >= 0.3 is 49.4 Å². The van der Waals surface area contributed by atoms with E-state index in [0.29, 0.717) is 11.9 Å². The number of hydrogen-bond donors (Lipinski definition) is 0. The molecule has 0 aliphatic heterocycles. The molecule has 6 rings (SSSR count). The summed E-state index contributed by atoms with van der Waals surface area (Å²) in [5.74, 6) is 0.0994. The van der Waals surface area contributed by atoms with Gasteiger partial charge in [-0.25, -0.2) is 4.98 Å². The van der Waals surface area contributed by atoms with Crippen LogP contribution >= 0.6 is 15.9 Å². The average molecular weight is 1160 g/mol. The Bertz CT molecular complexity index is 2550. The van der Waals surface area contributed by atoms with Gasteiger partial charge < -0.3 is 0 Å². The van der Waals surface area contributed by atoms with Crippen LogP contribution in [0.2, 0.25) is 0 Å². The molecule has 29 heteroatoms. The molecule has 3 nitrogen and oxygen atoms in total. The maximum Gasteiger partial charge on any atom is 0.416 e. The number of rotatable bonds is 8. The summed E-state index contributed by atoms with van der Waals surface area (Å²) in [6.45, 7) is 0.340. The van der Waals surface area contributed by atoms with Crippen LogP contribution in [0.4, 0.5) is 105 Å². The molecule has 0 bridgehead atoms. The molecule has 1 aromatic heterocycles. The van der Waals surface area contributed by atoms with Crippen molar-refractivity contribution in [2.75, 3.05) is 0 Å². The van der Waals surface area contributed by atoms with Crippen molar-refractivity contribution in [3.8, 4) is 0 Å². The Morgan fingerprint density at radius 2 is 0.676 bits per heavy atom. The lowest BCUT2D eigenvalue weighted by molar-refractivity contribution is -0.684. The summed E-state index contributed by atoms with van der Waals surface area (Å²) in [5, 5.41) is 0.688. The van der Waals surface area contributed by atoms with E-state index in [-0.39, 0.29) is 5.78 Å². The number of alkyl halides is 25. The number of nitrogens with zero attached hydrogens (tertiary/aromatic N) is 2. The van der Waals surface area contributed by atoms with Gasteiger partial charge in [0.2, 0.25) is 12.3 Å². The molecule has 0 spiro atoms. The minimum atomic E-state index is -6.13. The number of aromatic nitrogens is 2. The lowest BCUT2D eigenvalue weighted by Crippen LogP contribution is -2.75. The van der Waals surface area contributed by atoms with Crippen LogP contribution in [0.15, 0.2) is 122 Å². The maximum absolute atomic E-state index is 14.2. The van der Waals surface area contributed by atoms with Crippen molar-refractivity contribution < 1.29 is 115 Å². The minimum absolute atomic E-state index is 0.0994. The highest BCUT2D eigenvalue weighted by atomic mass is 79.9. The lowest BCUT2D eigenvalue weighted by atomic mass is 9.12. The lowest BCUT2D eigenvalue weighted by Gasteiger charge is -2.46. The summed E-state index contributed by atoms with van der Waals surface area (Å²) in [4.78, 5) is 16.1. The van der Waals surface area contributed by atoms with E-state index in [1.54, 1.807) is 12.4 Å². The second-order valence-electron chi connectivity index (χ2n) is 15.9. The molecule has 0 atom stereocenters. The first-order chi connectivity index (χ1) is 33.6. The average Bonchev–Trinajstić information content (AvgIpc) is 3.27. The van der Waals surface area contributed by atoms with Gasteiger partial charge in [-0.2, -0.15) is 132 Å². The van der Waals surface area contributed by atoms with Crippen molar-refractivity contribution in [1.29, 1.82) is 0 Å². The number of ketones is 1. The summed E-state index contributed by atoms with van der Waals surface area (Å²) in [6, 6.07) is 0.488. The van der Waals surface area contributed by atoms with Crippen LogP contribution in [0.3, 0.4) is 0 Å². The van der Waals surface area contributed by atoms with Crippen LogP contribution in [0.25, 0.3) is 0 Å². The highest BCUT2D eigenvalue weighted by molar-refractivity contribution is 9.08. The van der Waals surface area contributed by atoms with Gasteiger partial charge in [-0.05, 0) is 24.3 Å². The molecule has 0 N–H and O–H groups in total. The van der Waals surface area contributed by atoms with E-state index in [9.17, 15) is 110 Å². The number of halogens is 25. The Kier molecular flexibility index (Phi) is 16.2. The zero-order valence-corrected chi connectivity index (χ0v) is 37.4. The third-order valence-electron chi connectivity index (χ3n) is 10.8. The van der Waals surface area contributed by atoms with Crippen molar-refractivity contribution in [3.05, 3.63) is 177 Å². The van der Waals surface area contributed by atoms with Gasteiger partial charge in [-0.1, -0.05) is 94.8 Å². The topological polar surface area (TPSA) is 33.8 Å². The Morgan fingerprint density at radius 1 is 0.419 bits per heavy atom. The highest BCUT2D eigenvalue weighted by Gasteiger charge is 2.47. The number of Topliss-reactive ketones (excluding diaryl/α,β-unsaturated/α-hetero) is 1. The highest BCUT2D eigenvalue weighted by Crippen LogP contribution is 2.41. The molecule has 0 amide bonds. The number of hydrogen-bond acceptors (Lipinski definition) is 2. The van der Waals surface area contributed by atoms with E-state index in [1.807, 2.05) is 41.1 Å². The third-order valence-corrected chi connectivity index (χ3v) is 11.4. The van der Waals surface area contributed by atoms with Crippen LogP contribution in [0.1, 0.15) is 60.6 Å². The molecule has 5 aromatic carbocycles. The van der Waals surface area contributed by atoms with Gasteiger partial charge in [0.1, 0.15) is 11.8 Å². The van der Waals surface area contributed by atoms with E-state index < -0.39 is 195 Å². The quantitative estimate of drug-likeness (QED) is 0.0500. The molecule has 0 aliphatic rings. The van der Waals surface area contributed by atoms with Gasteiger partial charge in [0.05, 0.1) is 56.0 Å². The van der Waals surface area contributed by atoms with Crippen molar-refractivity contribution in [2.24, 2.45) is 0 Å². The molecular formula is C45H24BBrF24N2O. The van der Waals surface area contributed by atoms with Crippen LogP contribution in [0.5, 0.6) is 0 Å². The van der Waals surface area contributed by atoms with Gasteiger partial charge in [-0.15, -0.1) is 0 Å². The SMILES string of the molecule is FC(F)(F)c1cc([B-](c2cc(C(F)(F)F)cc(C(F)(F)F)c2)(c2cc(C(F)(F)F)cc(C(F)(F)F)c2)c2cc(C(F)(F)F)cc(C(F)(F)F)c2)cc(C(F)(F)F)c1.O=C(C[n+]1ccnc(CBr)c1)c1ccccc1. The molecule has 0 aliphatic carbocycles. The largest absolute Gasteiger partial charge is 0.416 e. The van der Waals surface area contributed by atoms with Crippen molar-refractivity contribution in [3.63, 3.8) is 0 Å². The van der Waals surface area contributed by atoms with E-state index in [1.165, 1.54) is 0 Å². The summed E-state index contributed by atoms with van der Waals surface area (Å²) >= 11 is 3.34. The van der Waals surface area contributed by atoms with Crippen molar-refractivity contribution in [1.82, 2.24) is 4.98 Å². The van der Waals surface area contributed by atoms with Crippen molar-refractivity contribution >= 4 is 49.7 Å². The molecule has 0 radical (unpaired) electrons. The second-order valence-corrected chi connectivity index (χ2v) is 16.4. The molecule has 1 heterocycles. The fourth-order valence-electron chi connectivity index (χ4n) is 7.60. The van der Waals surface area contributed by atoms with Crippen LogP contribution in [0, 0.1) is 0 Å². The molecule has 398 valence electrons. The zero-order valence-electron chi connectivity index (χ0n) is 35.8. The predicted octanol–water partition coefficient (Wildman–Crippen LogP) is 13.4. The second kappa shape index (κ2) is 20.4.